The van der Waals surface area contributed by atoms with Crippen LogP contribution in [-0.4, -0.2) is 58.1 Å². The molecule has 172 valence electrons. The maximum Gasteiger partial charge on any atom is 0.213 e. The number of rotatable bonds is 6. The molecule has 1 aliphatic heterocycles. The van der Waals surface area contributed by atoms with E-state index in [2.05, 4.69) is 35.5 Å². The zero-order valence-electron chi connectivity index (χ0n) is 18.1. The Kier molecular flexibility index (Phi) is 7.02. The number of nitrogens with one attached hydrogen (secondary N) is 3. The quantitative estimate of drug-likeness (QED) is 0.396. The first-order valence-corrected chi connectivity index (χ1v) is 10.5. The van der Waals surface area contributed by atoms with Gasteiger partial charge in [-0.3, -0.25) is 4.90 Å². The number of H-pyrrole nitrogens is 1. The number of imidazole rings is 1. The molecular formula is C23H25ClFN7O. The molecule has 1 fully saturated rings. The normalized spacial score (nSPS) is 14.1. The molecule has 4 aromatic rings. The number of fused-ring (bicyclic) bond motifs is 1. The summed E-state index contributed by atoms with van der Waals surface area (Å²) in [4.78, 5) is 18.6. The molecule has 0 unspecified atom stereocenters. The van der Waals surface area contributed by atoms with Gasteiger partial charge in [0.1, 0.15) is 11.6 Å². The molecule has 0 saturated carbocycles. The van der Waals surface area contributed by atoms with Crippen LogP contribution in [0.4, 0.5) is 16.2 Å². The average molecular weight is 470 g/mol. The second-order valence-electron chi connectivity index (χ2n) is 7.72. The van der Waals surface area contributed by atoms with Crippen molar-refractivity contribution in [2.75, 3.05) is 38.6 Å². The van der Waals surface area contributed by atoms with Crippen molar-refractivity contribution in [1.82, 2.24) is 30.2 Å². The van der Waals surface area contributed by atoms with E-state index >= 15 is 0 Å². The molecule has 1 aliphatic rings. The van der Waals surface area contributed by atoms with Crippen LogP contribution in [0.25, 0.3) is 22.2 Å². The highest BCUT2D eigenvalue weighted by molar-refractivity contribution is 5.85. The molecule has 0 amide bonds. The number of pyridine rings is 2. The molecule has 4 heterocycles. The van der Waals surface area contributed by atoms with E-state index in [0.29, 0.717) is 23.0 Å². The first kappa shape index (κ1) is 22.9. The Morgan fingerprint density at radius 1 is 1.12 bits per heavy atom. The molecule has 10 heteroatoms. The lowest BCUT2D eigenvalue weighted by Crippen LogP contribution is -2.42. The van der Waals surface area contributed by atoms with Gasteiger partial charge in [0.05, 0.1) is 24.3 Å². The minimum absolute atomic E-state index is 0. The van der Waals surface area contributed by atoms with Gasteiger partial charge >= 0.3 is 0 Å². The SMILES string of the molecule is COc1cc(-c2ccc3nc(Nc4cc(CN5CCNCC5)ccn4)[nH]c3c2)c(F)cn1.Cl. The van der Waals surface area contributed by atoms with Crippen LogP contribution in [0.2, 0.25) is 0 Å². The maximum atomic E-state index is 14.3. The number of piperazine rings is 1. The predicted octanol–water partition coefficient (Wildman–Crippen LogP) is 3.74. The van der Waals surface area contributed by atoms with Gasteiger partial charge in [0.15, 0.2) is 0 Å². The summed E-state index contributed by atoms with van der Waals surface area (Å²) >= 11 is 0. The third kappa shape index (κ3) is 5.22. The standard InChI is InChI=1S/C23H24FN7O.ClH/c1-32-22-12-17(18(24)13-27-22)16-2-3-19-20(11-16)29-23(28-19)30-21-10-15(4-5-26-21)14-31-8-6-25-7-9-31;/h2-5,10-13,25H,6-9,14H2,1H3,(H2,26,28,29,30);1H. The lowest BCUT2D eigenvalue weighted by atomic mass is 10.1. The average Bonchev–Trinajstić information content (AvgIpc) is 3.22. The minimum atomic E-state index is -0.409. The zero-order chi connectivity index (χ0) is 21.9. The number of methoxy groups -OCH3 is 1. The first-order chi connectivity index (χ1) is 15.7. The number of ether oxygens (including phenoxy) is 1. The van der Waals surface area contributed by atoms with E-state index in [9.17, 15) is 4.39 Å². The highest BCUT2D eigenvalue weighted by Crippen LogP contribution is 2.28. The third-order valence-electron chi connectivity index (χ3n) is 5.52. The summed E-state index contributed by atoms with van der Waals surface area (Å²) in [6.07, 6.45) is 2.97. The van der Waals surface area contributed by atoms with Gasteiger partial charge in [-0.05, 0) is 35.4 Å². The summed E-state index contributed by atoms with van der Waals surface area (Å²) in [5.41, 5.74) is 3.89. The van der Waals surface area contributed by atoms with Gasteiger partial charge in [0.25, 0.3) is 0 Å². The van der Waals surface area contributed by atoms with E-state index < -0.39 is 5.82 Å². The number of hydrogen-bond donors (Lipinski definition) is 3. The van der Waals surface area contributed by atoms with Crippen molar-refractivity contribution in [3.8, 4) is 17.0 Å². The Balaban J connectivity index is 0.00000259. The minimum Gasteiger partial charge on any atom is -0.481 e. The summed E-state index contributed by atoms with van der Waals surface area (Å²) in [6, 6.07) is 11.2. The topological polar surface area (TPSA) is 91.0 Å². The number of aromatic nitrogens is 4. The van der Waals surface area contributed by atoms with E-state index in [0.717, 1.165) is 55.8 Å². The number of hydrogen-bond acceptors (Lipinski definition) is 7. The lowest BCUT2D eigenvalue weighted by molar-refractivity contribution is 0.233. The fourth-order valence-electron chi connectivity index (χ4n) is 3.88. The Bertz CT molecular complexity index is 1240. The van der Waals surface area contributed by atoms with Crippen molar-refractivity contribution in [2.45, 2.75) is 6.54 Å². The third-order valence-corrected chi connectivity index (χ3v) is 5.52. The largest absolute Gasteiger partial charge is 0.481 e. The van der Waals surface area contributed by atoms with Crippen molar-refractivity contribution >= 4 is 35.2 Å². The number of anilines is 2. The Morgan fingerprint density at radius 3 is 2.79 bits per heavy atom. The summed E-state index contributed by atoms with van der Waals surface area (Å²) in [5, 5.41) is 6.62. The first-order valence-electron chi connectivity index (χ1n) is 10.5. The maximum absolute atomic E-state index is 14.3. The number of benzene rings is 1. The molecule has 0 radical (unpaired) electrons. The Hall–Kier alpha value is -3.27. The number of aromatic amines is 1. The highest BCUT2D eigenvalue weighted by Gasteiger charge is 2.12. The van der Waals surface area contributed by atoms with E-state index in [-0.39, 0.29) is 12.4 Å². The molecule has 5 rings (SSSR count). The second kappa shape index (κ2) is 10.1. The van der Waals surface area contributed by atoms with Crippen LogP contribution in [0.5, 0.6) is 5.88 Å². The van der Waals surface area contributed by atoms with E-state index in [1.54, 1.807) is 12.3 Å². The van der Waals surface area contributed by atoms with E-state index in [4.69, 9.17) is 4.74 Å². The van der Waals surface area contributed by atoms with Crippen LogP contribution in [0, 0.1) is 5.82 Å². The molecular weight excluding hydrogens is 445 g/mol. The molecule has 3 N–H and O–H groups in total. The molecule has 0 aliphatic carbocycles. The van der Waals surface area contributed by atoms with Crippen LogP contribution in [0.1, 0.15) is 5.56 Å². The van der Waals surface area contributed by atoms with Gasteiger partial charge in [0, 0.05) is 50.6 Å². The fraction of sp³-hybridized carbons (Fsp3) is 0.261. The van der Waals surface area contributed by atoms with Crippen LogP contribution < -0.4 is 15.4 Å². The smallest absolute Gasteiger partial charge is 0.213 e. The van der Waals surface area contributed by atoms with E-state index in [1.165, 1.54) is 12.7 Å². The monoisotopic (exact) mass is 469 g/mol. The van der Waals surface area contributed by atoms with Gasteiger partial charge in [-0.1, -0.05) is 6.07 Å². The summed E-state index contributed by atoms with van der Waals surface area (Å²) in [7, 11) is 1.51. The molecule has 1 aromatic carbocycles. The molecule has 0 spiro atoms. The number of nitrogens with zero attached hydrogens (tertiary/aromatic N) is 4. The Labute approximate surface area is 197 Å². The van der Waals surface area contributed by atoms with Crippen LogP contribution in [0.3, 0.4) is 0 Å². The molecule has 0 bridgehead atoms. The fourth-order valence-corrected chi connectivity index (χ4v) is 3.88. The van der Waals surface area contributed by atoms with Gasteiger partial charge in [-0.25, -0.2) is 19.3 Å². The van der Waals surface area contributed by atoms with Crippen LogP contribution in [-0.2, 0) is 6.54 Å². The molecule has 8 nitrogen and oxygen atoms in total. The van der Waals surface area contributed by atoms with Crippen LogP contribution >= 0.6 is 12.4 Å². The zero-order valence-corrected chi connectivity index (χ0v) is 19.0. The van der Waals surface area contributed by atoms with Crippen molar-refractivity contribution in [3.63, 3.8) is 0 Å². The molecule has 1 saturated heterocycles. The summed E-state index contributed by atoms with van der Waals surface area (Å²) < 4.78 is 19.4. The Morgan fingerprint density at radius 2 is 1.97 bits per heavy atom. The molecule has 33 heavy (non-hydrogen) atoms. The molecule has 0 atom stereocenters. The van der Waals surface area contributed by atoms with Gasteiger partial charge in [0.2, 0.25) is 11.8 Å². The number of halogens is 2. The van der Waals surface area contributed by atoms with E-state index in [1.807, 2.05) is 30.3 Å². The van der Waals surface area contributed by atoms with Crippen molar-refractivity contribution < 1.29 is 9.13 Å². The van der Waals surface area contributed by atoms with Crippen molar-refractivity contribution in [3.05, 3.63) is 60.2 Å². The highest BCUT2D eigenvalue weighted by atomic mass is 35.5. The summed E-state index contributed by atoms with van der Waals surface area (Å²) in [5.74, 6) is 1.26. The van der Waals surface area contributed by atoms with Crippen molar-refractivity contribution in [1.29, 1.82) is 0 Å². The molecule has 3 aromatic heterocycles. The van der Waals surface area contributed by atoms with Gasteiger partial charge in [-0.2, -0.15) is 0 Å². The predicted molar refractivity (Wildman–Crippen MR) is 129 cm³/mol. The second-order valence-corrected chi connectivity index (χ2v) is 7.72. The van der Waals surface area contributed by atoms with Gasteiger partial charge < -0.3 is 20.4 Å². The van der Waals surface area contributed by atoms with Gasteiger partial charge in [-0.15, -0.1) is 12.4 Å². The van der Waals surface area contributed by atoms with Crippen LogP contribution in [0.15, 0.2) is 48.8 Å². The van der Waals surface area contributed by atoms with Crippen molar-refractivity contribution in [2.24, 2.45) is 0 Å². The summed E-state index contributed by atoms with van der Waals surface area (Å²) in [6.45, 7) is 5.02. The lowest BCUT2D eigenvalue weighted by Gasteiger charge is -2.27.